The van der Waals surface area contributed by atoms with E-state index < -0.39 is 5.82 Å². The normalized spacial score (nSPS) is 28.1. The second-order valence-corrected chi connectivity index (χ2v) is 5.86. The van der Waals surface area contributed by atoms with Gasteiger partial charge >= 0.3 is 0 Å². The van der Waals surface area contributed by atoms with Crippen LogP contribution in [0.25, 0.3) is 0 Å². The van der Waals surface area contributed by atoms with Crippen molar-refractivity contribution in [3.05, 3.63) is 34.6 Å². The Morgan fingerprint density at radius 1 is 1.28 bits per heavy atom. The Labute approximate surface area is 112 Å². The Balaban J connectivity index is 2.16. The zero-order chi connectivity index (χ0) is 13.3. The molecule has 18 heavy (non-hydrogen) atoms. The van der Waals surface area contributed by atoms with Gasteiger partial charge in [-0.3, -0.25) is 4.79 Å². The van der Waals surface area contributed by atoms with Crippen LogP contribution in [0.4, 0.5) is 4.39 Å². The molecule has 1 aromatic carbocycles. The summed E-state index contributed by atoms with van der Waals surface area (Å²) in [5.41, 5.74) is 0.463. The number of benzene rings is 1. The summed E-state index contributed by atoms with van der Waals surface area (Å²) in [5, 5.41) is 0.228. The van der Waals surface area contributed by atoms with Crippen LogP contribution in [0, 0.1) is 23.6 Å². The zero-order valence-electron chi connectivity index (χ0n) is 10.7. The van der Waals surface area contributed by atoms with Gasteiger partial charge in [0.05, 0.1) is 5.02 Å². The molecule has 0 N–H and O–H groups in total. The minimum Gasteiger partial charge on any atom is -0.294 e. The van der Waals surface area contributed by atoms with E-state index in [-0.39, 0.29) is 16.7 Å². The Kier molecular flexibility index (Phi) is 4.06. The highest BCUT2D eigenvalue weighted by molar-refractivity contribution is 6.34. The van der Waals surface area contributed by atoms with Gasteiger partial charge in [0.15, 0.2) is 5.78 Å². The first-order valence-corrected chi connectivity index (χ1v) is 6.86. The summed E-state index contributed by atoms with van der Waals surface area (Å²) in [5.74, 6) is 0.949. The van der Waals surface area contributed by atoms with Crippen LogP contribution in [0.1, 0.15) is 43.5 Å². The van der Waals surface area contributed by atoms with E-state index in [1.807, 2.05) is 0 Å². The third-order valence-corrected chi connectivity index (χ3v) is 4.48. The van der Waals surface area contributed by atoms with Crippen molar-refractivity contribution in [1.29, 1.82) is 0 Å². The molecule has 1 saturated carbocycles. The number of ketones is 1. The Morgan fingerprint density at radius 3 is 2.61 bits per heavy atom. The first kappa shape index (κ1) is 13.5. The highest BCUT2D eigenvalue weighted by Crippen LogP contribution is 2.36. The highest BCUT2D eigenvalue weighted by atomic mass is 35.5. The topological polar surface area (TPSA) is 17.1 Å². The van der Waals surface area contributed by atoms with Gasteiger partial charge in [-0.15, -0.1) is 0 Å². The number of halogens is 2. The first-order chi connectivity index (χ1) is 8.49. The number of hydrogen-bond donors (Lipinski definition) is 0. The SMILES string of the molecule is CC1CCC(C(=O)c2ccc(F)cc2Cl)CC1C. The smallest absolute Gasteiger partial charge is 0.167 e. The zero-order valence-corrected chi connectivity index (χ0v) is 11.5. The molecule has 0 spiro atoms. The van der Waals surface area contributed by atoms with Crippen LogP contribution < -0.4 is 0 Å². The molecule has 1 aliphatic carbocycles. The van der Waals surface area contributed by atoms with Crippen molar-refractivity contribution in [3.8, 4) is 0 Å². The first-order valence-electron chi connectivity index (χ1n) is 6.48. The van der Waals surface area contributed by atoms with Crippen molar-refractivity contribution in [2.24, 2.45) is 17.8 Å². The molecule has 0 radical (unpaired) electrons. The lowest BCUT2D eigenvalue weighted by Crippen LogP contribution is -2.26. The Bertz CT molecular complexity index is 458. The van der Waals surface area contributed by atoms with Gasteiger partial charge in [0.1, 0.15) is 5.82 Å². The molecule has 0 aromatic heterocycles. The lowest BCUT2D eigenvalue weighted by Gasteiger charge is -2.31. The monoisotopic (exact) mass is 268 g/mol. The fraction of sp³-hybridized carbons (Fsp3) is 0.533. The number of carbonyl (C=O) groups is 1. The van der Waals surface area contributed by atoms with Gasteiger partial charge < -0.3 is 0 Å². The Morgan fingerprint density at radius 2 is 2.00 bits per heavy atom. The molecule has 1 nitrogen and oxygen atoms in total. The van der Waals surface area contributed by atoms with Crippen molar-refractivity contribution in [1.82, 2.24) is 0 Å². The maximum Gasteiger partial charge on any atom is 0.167 e. The van der Waals surface area contributed by atoms with E-state index >= 15 is 0 Å². The predicted octanol–water partition coefficient (Wildman–Crippen LogP) is 4.73. The van der Waals surface area contributed by atoms with Crippen molar-refractivity contribution in [2.75, 3.05) is 0 Å². The number of rotatable bonds is 2. The molecule has 0 heterocycles. The van der Waals surface area contributed by atoms with E-state index in [2.05, 4.69) is 13.8 Å². The van der Waals surface area contributed by atoms with Crippen molar-refractivity contribution < 1.29 is 9.18 Å². The molecule has 0 aliphatic heterocycles. The highest BCUT2D eigenvalue weighted by Gasteiger charge is 2.30. The van der Waals surface area contributed by atoms with Gasteiger partial charge in [-0.2, -0.15) is 0 Å². The van der Waals surface area contributed by atoms with Crippen molar-refractivity contribution in [3.63, 3.8) is 0 Å². The van der Waals surface area contributed by atoms with Crippen LogP contribution in [-0.4, -0.2) is 5.78 Å². The van der Waals surface area contributed by atoms with Crippen LogP contribution in [0.5, 0.6) is 0 Å². The summed E-state index contributed by atoms with van der Waals surface area (Å²) in [4.78, 5) is 12.4. The molecule has 3 atom stereocenters. The molecule has 1 fully saturated rings. The van der Waals surface area contributed by atoms with E-state index in [4.69, 9.17) is 11.6 Å². The molecule has 0 amide bonds. The summed E-state index contributed by atoms with van der Waals surface area (Å²) >= 11 is 5.95. The lowest BCUT2D eigenvalue weighted by atomic mass is 9.73. The fourth-order valence-electron chi connectivity index (χ4n) is 2.69. The molecular weight excluding hydrogens is 251 g/mol. The van der Waals surface area contributed by atoms with Gasteiger partial charge in [0, 0.05) is 11.5 Å². The molecule has 3 heteroatoms. The summed E-state index contributed by atoms with van der Waals surface area (Å²) in [6, 6.07) is 4.01. The average molecular weight is 269 g/mol. The van der Waals surface area contributed by atoms with Crippen LogP contribution in [0.15, 0.2) is 18.2 Å². The summed E-state index contributed by atoms with van der Waals surface area (Å²) < 4.78 is 13.0. The van der Waals surface area contributed by atoms with Crippen LogP contribution in [-0.2, 0) is 0 Å². The summed E-state index contributed by atoms with van der Waals surface area (Å²) in [6.45, 7) is 4.42. The van der Waals surface area contributed by atoms with Gasteiger partial charge in [0.25, 0.3) is 0 Å². The molecule has 3 unspecified atom stereocenters. The minimum absolute atomic E-state index is 0.0409. The third-order valence-electron chi connectivity index (χ3n) is 4.17. The summed E-state index contributed by atoms with van der Waals surface area (Å²) in [6.07, 6.45) is 2.90. The van der Waals surface area contributed by atoms with Gasteiger partial charge in [-0.1, -0.05) is 25.4 Å². The average Bonchev–Trinajstić information content (AvgIpc) is 2.32. The van der Waals surface area contributed by atoms with E-state index in [9.17, 15) is 9.18 Å². The third kappa shape index (κ3) is 2.74. The van der Waals surface area contributed by atoms with Gasteiger partial charge in [-0.25, -0.2) is 4.39 Å². The largest absolute Gasteiger partial charge is 0.294 e. The maximum absolute atomic E-state index is 13.0. The Hall–Kier alpha value is -0.890. The van der Waals surface area contributed by atoms with E-state index in [0.29, 0.717) is 17.4 Å². The van der Waals surface area contributed by atoms with Crippen LogP contribution in [0.3, 0.4) is 0 Å². The van der Waals surface area contributed by atoms with E-state index in [1.165, 1.54) is 18.2 Å². The fourth-order valence-corrected chi connectivity index (χ4v) is 2.96. The predicted molar refractivity (Wildman–Crippen MR) is 71.4 cm³/mol. The minimum atomic E-state index is -0.401. The van der Waals surface area contributed by atoms with Gasteiger partial charge in [0.2, 0.25) is 0 Å². The number of carbonyl (C=O) groups excluding carboxylic acids is 1. The molecule has 0 bridgehead atoms. The van der Waals surface area contributed by atoms with Crippen molar-refractivity contribution in [2.45, 2.75) is 33.1 Å². The summed E-state index contributed by atoms with van der Waals surface area (Å²) in [7, 11) is 0. The number of Topliss-reactive ketones (excluding diaryl/α,β-unsaturated/α-hetero) is 1. The maximum atomic E-state index is 13.0. The molecule has 0 saturated heterocycles. The molecule has 98 valence electrons. The van der Waals surface area contributed by atoms with Crippen LogP contribution >= 0.6 is 11.6 Å². The van der Waals surface area contributed by atoms with Crippen molar-refractivity contribution >= 4 is 17.4 Å². The quantitative estimate of drug-likeness (QED) is 0.709. The van der Waals surface area contributed by atoms with Gasteiger partial charge in [-0.05, 0) is 49.3 Å². The molecule has 2 rings (SSSR count). The second-order valence-electron chi connectivity index (χ2n) is 5.45. The number of hydrogen-bond acceptors (Lipinski definition) is 1. The standard InChI is InChI=1S/C15H18ClFO/c1-9-3-4-11(7-10(9)2)15(18)13-6-5-12(17)8-14(13)16/h5-6,8-11H,3-4,7H2,1-2H3. The molecule has 1 aromatic rings. The molecular formula is C15H18ClFO. The second kappa shape index (κ2) is 5.40. The molecule has 1 aliphatic rings. The lowest BCUT2D eigenvalue weighted by molar-refractivity contribution is 0.0837. The van der Waals surface area contributed by atoms with Crippen LogP contribution in [0.2, 0.25) is 5.02 Å². The van der Waals surface area contributed by atoms with E-state index in [1.54, 1.807) is 0 Å². The van der Waals surface area contributed by atoms with E-state index in [0.717, 1.165) is 19.3 Å².